The van der Waals surface area contributed by atoms with Gasteiger partial charge in [0.2, 0.25) is 5.91 Å². The van der Waals surface area contributed by atoms with Gasteiger partial charge in [-0.1, -0.05) is 153 Å². The summed E-state index contributed by atoms with van der Waals surface area (Å²) in [6, 6.07) is -0.822. The van der Waals surface area contributed by atoms with Gasteiger partial charge in [0, 0.05) is 6.42 Å². The first-order chi connectivity index (χ1) is 24.8. The molecule has 0 bridgehead atoms. The number of nitrogens with one attached hydrogen (secondary N) is 1. The number of rotatable bonds is 33. The molecule has 51 heavy (non-hydrogen) atoms. The Bertz CT molecular complexity index is 894. The van der Waals surface area contributed by atoms with Gasteiger partial charge in [-0.25, -0.2) is 0 Å². The molecule has 1 heterocycles. The Hall–Kier alpha value is -1.59. The van der Waals surface area contributed by atoms with Crippen LogP contribution in [-0.2, 0) is 14.3 Å². The molecule has 1 rings (SSSR count). The Labute approximate surface area is 311 Å². The molecule has 0 spiro atoms. The minimum Gasteiger partial charge on any atom is -0.394 e. The van der Waals surface area contributed by atoms with Gasteiger partial charge in [-0.05, 0) is 44.9 Å². The van der Waals surface area contributed by atoms with Crippen LogP contribution in [0.2, 0.25) is 0 Å². The van der Waals surface area contributed by atoms with Crippen LogP contribution in [0, 0.1) is 0 Å². The lowest BCUT2D eigenvalue weighted by atomic mass is 9.99. The van der Waals surface area contributed by atoms with Crippen molar-refractivity contribution in [2.24, 2.45) is 0 Å². The largest absolute Gasteiger partial charge is 0.394 e. The number of amides is 1. The maximum atomic E-state index is 12.9. The molecule has 7 unspecified atom stereocenters. The highest BCUT2D eigenvalue weighted by atomic mass is 16.7. The minimum absolute atomic E-state index is 0.193. The summed E-state index contributed by atoms with van der Waals surface area (Å²) < 4.78 is 11.2. The molecule has 9 heteroatoms. The molecule has 298 valence electrons. The van der Waals surface area contributed by atoms with E-state index in [0.29, 0.717) is 6.42 Å². The van der Waals surface area contributed by atoms with Gasteiger partial charge in [-0.2, -0.15) is 0 Å². The molecular weight excluding hydrogens is 646 g/mol. The third-order valence-electron chi connectivity index (χ3n) is 9.70. The number of hydrogen-bond donors (Lipinski definition) is 6. The van der Waals surface area contributed by atoms with E-state index in [1.165, 1.54) is 96.3 Å². The van der Waals surface area contributed by atoms with E-state index in [0.717, 1.165) is 51.4 Å². The molecule has 6 N–H and O–H groups in total. The van der Waals surface area contributed by atoms with Crippen LogP contribution in [0.25, 0.3) is 0 Å². The van der Waals surface area contributed by atoms with E-state index in [2.05, 4.69) is 43.5 Å². The molecule has 1 aliphatic rings. The number of hydrogen-bond acceptors (Lipinski definition) is 8. The zero-order valence-corrected chi connectivity index (χ0v) is 32.4. The van der Waals surface area contributed by atoms with Crippen LogP contribution < -0.4 is 5.32 Å². The molecule has 1 fully saturated rings. The first-order valence-electron chi connectivity index (χ1n) is 20.7. The van der Waals surface area contributed by atoms with Gasteiger partial charge in [-0.3, -0.25) is 4.79 Å². The third kappa shape index (κ3) is 24.4. The van der Waals surface area contributed by atoms with Crippen LogP contribution in [0.5, 0.6) is 0 Å². The van der Waals surface area contributed by atoms with Gasteiger partial charge in [0.15, 0.2) is 6.29 Å². The fourth-order valence-corrected chi connectivity index (χ4v) is 6.30. The lowest BCUT2D eigenvalue weighted by Gasteiger charge is -2.40. The van der Waals surface area contributed by atoms with E-state index in [9.17, 15) is 30.3 Å². The fourth-order valence-electron chi connectivity index (χ4n) is 6.30. The molecule has 9 nitrogen and oxygen atoms in total. The van der Waals surface area contributed by atoms with E-state index >= 15 is 0 Å². The summed E-state index contributed by atoms with van der Waals surface area (Å²) in [5.41, 5.74) is 0. The number of aliphatic hydroxyl groups excluding tert-OH is 5. The van der Waals surface area contributed by atoms with Crippen LogP contribution in [-0.4, -0.2) is 87.5 Å². The van der Waals surface area contributed by atoms with Gasteiger partial charge in [0.1, 0.15) is 24.4 Å². The zero-order chi connectivity index (χ0) is 37.4. The average Bonchev–Trinajstić information content (AvgIpc) is 3.13. The second-order valence-electron chi connectivity index (χ2n) is 14.4. The van der Waals surface area contributed by atoms with Crippen LogP contribution in [0.15, 0.2) is 36.5 Å². The van der Waals surface area contributed by atoms with Crippen LogP contribution >= 0.6 is 0 Å². The highest BCUT2D eigenvalue weighted by Crippen LogP contribution is 2.22. The van der Waals surface area contributed by atoms with Gasteiger partial charge >= 0.3 is 0 Å². The summed E-state index contributed by atoms with van der Waals surface area (Å²) in [6.45, 7) is 3.70. The molecule has 0 aliphatic carbocycles. The highest BCUT2D eigenvalue weighted by Gasteiger charge is 2.44. The maximum Gasteiger partial charge on any atom is 0.220 e. The Morgan fingerprint density at radius 2 is 1.12 bits per heavy atom. The van der Waals surface area contributed by atoms with Crippen molar-refractivity contribution in [2.45, 2.75) is 211 Å². The molecule has 1 amide bonds. The number of aliphatic hydroxyl groups is 5. The molecule has 0 aromatic heterocycles. The first kappa shape index (κ1) is 47.4. The van der Waals surface area contributed by atoms with Gasteiger partial charge in [0.25, 0.3) is 0 Å². The van der Waals surface area contributed by atoms with Crippen molar-refractivity contribution in [1.29, 1.82) is 0 Å². The van der Waals surface area contributed by atoms with E-state index in [4.69, 9.17) is 9.47 Å². The smallest absolute Gasteiger partial charge is 0.220 e. The SMILES string of the molecule is CCCCC/C=C/CC/C=C/CC/C=C/C(O)C(COC1OC(CO)C(O)C(O)C1O)NC(=O)CCCCCCCCCCCCCCCCC. The zero-order valence-electron chi connectivity index (χ0n) is 32.4. The maximum absolute atomic E-state index is 12.9. The molecule has 1 aliphatic heterocycles. The Balaban J connectivity index is 2.44. The summed E-state index contributed by atoms with van der Waals surface area (Å²) in [5.74, 6) is -0.193. The monoisotopic (exact) mass is 724 g/mol. The summed E-state index contributed by atoms with van der Waals surface area (Å²) in [4.78, 5) is 12.9. The van der Waals surface area contributed by atoms with E-state index in [1.807, 2.05) is 6.08 Å². The number of carbonyl (C=O) groups is 1. The van der Waals surface area contributed by atoms with Crippen LogP contribution in [0.1, 0.15) is 168 Å². The molecular formula is C42H77NO8. The lowest BCUT2D eigenvalue weighted by molar-refractivity contribution is -0.302. The molecule has 0 aromatic carbocycles. The fraction of sp³-hybridized carbons (Fsp3) is 0.833. The van der Waals surface area contributed by atoms with E-state index in [-0.39, 0.29) is 12.5 Å². The van der Waals surface area contributed by atoms with Crippen molar-refractivity contribution >= 4 is 5.91 Å². The normalized spacial score (nSPS) is 22.4. The molecule has 0 radical (unpaired) electrons. The standard InChI is InChI=1S/C42H77NO8/c1-3-5-7-9-11-13-15-17-18-20-22-24-26-28-30-32-38(46)43-35(34-50-42-41(49)40(48)39(47)37(33-44)51-42)36(45)31-29-27-25-23-21-19-16-14-12-10-8-6-4-2/h12,14,21,23,29,31,35-37,39-42,44-45,47-49H,3-11,13,15-20,22,24-28,30,32-34H2,1-2H3,(H,43,46)/b14-12+,23-21+,31-29+. The number of ether oxygens (including phenoxy) is 2. The van der Waals surface area contributed by atoms with Crippen molar-refractivity contribution in [3.8, 4) is 0 Å². The summed E-state index contributed by atoms with van der Waals surface area (Å²) in [6.07, 6.45) is 31.8. The predicted octanol–water partition coefficient (Wildman–Crippen LogP) is 7.72. The summed E-state index contributed by atoms with van der Waals surface area (Å²) >= 11 is 0. The molecule has 0 aromatic rings. The Morgan fingerprint density at radius 1 is 0.647 bits per heavy atom. The molecule has 0 saturated carbocycles. The average molecular weight is 724 g/mol. The summed E-state index contributed by atoms with van der Waals surface area (Å²) in [5, 5.41) is 53.9. The van der Waals surface area contributed by atoms with Gasteiger partial charge in [-0.15, -0.1) is 0 Å². The van der Waals surface area contributed by atoms with Crippen molar-refractivity contribution in [3.63, 3.8) is 0 Å². The lowest BCUT2D eigenvalue weighted by Crippen LogP contribution is -2.60. The Morgan fingerprint density at radius 3 is 1.65 bits per heavy atom. The topological polar surface area (TPSA) is 149 Å². The van der Waals surface area contributed by atoms with Crippen molar-refractivity contribution in [3.05, 3.63) is 36.5 Å². The summed E-state index contributed by atoms with van der Waals surface area (Å²) in [7, 11) is 0. The third-order valence-corrected chi connectivity index (χ3v) is 9.70. The van der Waals surface area contributed by atoms with E-state index in [1.54, 1.807) is 6.08 Å². The number of unbranched alkanes of at least 4 members (excludes halogenated alkanes) is 19. The quantitative estimate of drug-likeness (QED) is 0.0298. The van der Waals surface area contributed by atoms with Crippen molar-refractivity contribution in [1.82, 2.24) is 5.32 Å². The predicted molar refractivity (Wildman–Crippen MR) is 207 cm³/mol. The minimum atomic E-state index is -1.57. The second kappa shape index (κ2) is 33.0. The number of carbonyl (C=O) groups excluding carboxylic acids is 1. The van der Waals surface area contributed by atoms with Crippen LogP contribution in [0.3, 0.4) is 0 Å². The van der Waals surface area contributed by atoms with Crippen molar-refractivity contribution < 1.29 is 39.8 Å². The second-order valence-corrected chi connectivity index (χ2v) is 14.4. The highest BCUT2D eigenvalue weighted by molar-refractivity contribution is 5.76. The first-order valence-corrected chi connectivity index (χ1v) is 20.7. The number of allylic oxidation sites excluding steroid dienone is 5. The molecule has 1 saturated heterocycles. The van der Waals surface area contributed by atoms with Gasteiger partial charge < -0.3 is 40.3 Å². The Kier molecular flexibility index (Phi) is 30.7. The van der Waals surface area contributed by atoms with Gasteiger partial charge in [0.05, 0.1) is 25.4 Å². The van der Waals surface area contributed by atoms with Crippen LogP contribution in [0.4, 0.5) is 0 Å². The van der Waals surface area contributed by atoms with E-state index < -0.39 is 49.5 Å². The van der Waals surface area contributed by atoms with Crippen molar-refractivity contribution in [2.75, 3.05) is 13.2 Å². The molecule has 7 atom stereocenters.